The first-order chi connectivity index (χ1) is 17.0. The Morgan fingerprint density at radius 1 is 1.26 bits per heavy atom. The standard InChI is InChI=1S/C25H32ClN5O4/c1-34-21-7-2-16(12-20(21)26)13-27-22-19(23(32)29-17-3-5-18(35-33)6-4-17)14-28-24(30-22)31-11-10-25(15-31)8-9-25/h2,7,12,14,17-18,33H,3-6,8-11,13,15H2,1H3,(H,29,32)(H,27,28,30)/t17-,18-. The predicted molar refractivity (Wildman–Crippen MR) is 133 cm³/mol. The minimum Gasteiger partial charge on any atom is -0.495 e. The molecule has 2 aromatic rings. The number of amides is 1. The van der Waals surface area contributed by atoms with E-state index in [4.69, 9.17) is 26.6 Å². The predicted octanol–water partition coefficient (Wildman–Crippen LogP) is 4.27. The molecule has 3 N–H and O–H groups in total. The van der Waals surface area contributed by atoms with E-state index >= 15 is 0 Å². The van der Waals surface area contributed by atoms with Gasteiger partial charge in [-0.25, -0.2) is 9.87 Å². The van der Waals surface area contributed by atoms with E-state index in [-0.39, 0.29) is 18.1 Å². The van der Waals surface area contributed by atoms with Crippen molar-refractivity contribution < 1.29 is 19.7 Å². The zero-order valence-corrected chi connectivity index (χ0v) is 20.7. The van der Waals surface area contributed by atoms with Gasteiger partial charge in [0.05, 0.1) is 18.2 Å². The topological polar surface area (TPSA) is 109 Å². The number of aromatic nitrogens is 2. The molecule has 0 bridgehead atoms. The largest absolute Gasteiger partial charge is 0.495 e. The lowest BCUT2D eigenvalue weighted by Crippen LogP contribution is -2.39. The van der Waals surface area contributed by atoms with Crippen LogP contribution in [0, 0.1) is 5.41 Å². The molecule has 3 fully saturated rings. The molecule has 35 heavy (non-hydrogen) atoms. The van der Waals surface area contributed by atoms with Gasteiger partial charge < -0.3 is 20.3 Å². The minimum atomic E-state index is -0.208. The molecule has 2 aliphatic carbocycles. The molecule has 3 aliphatic rings. The fraction of sp³-hybridized carbons (Fsp3) is 0.560. The summed E-state index contributed by atoms with van der Waals surface area (Å²) in [6.45, 7) is 2.36. The molecule has 10 heteroatoms. The van der Waals surface area contributed by atoms with E-state index in [2.05, 4.69) is 25.4 Å². The minimum absolute atomic E-state index is 0.0233. The van der Waals surface area contributed by atoms with Crippen LogP contribution in [0.4, 0.5) is 11.8 Å². The van der Waals surface area contributed by atoms with E-state index in [1.165, 1.54) is 19.3 Å². The molecule has 0 unspecified atom stereocenters. The van der Waals surface area contributed by atoms with Crippen LogP contribution in [0.1, 0.15) is 60.9 Å². The Morgan fingerprint density at radius 2 is 2.06 bits per heavy atom. The molecule has 2 saturated carbocycles. The van der Waals surface area contributed by atoms with Crippen LogP contribution in [0.5, 0.6) is 5.75 Å². The third kappa shape index (κ3) is 5.47. The number of methoxy groups -OCH3 is 1. The number of carbonyl (C=O) groups is 1. The second kappa shape index (κ2) is 10.2. The van der Waals surface area contributed by atoms with Crippen LogP contribution < -0.4 is 20.3 Å². The van der Waals surface area contributed by atoms with Crippen molar-refractivity contribution in [2.75, 3.05) is 30.4 Å². The fourth-order valence-corrected chi connectivity index (χ4v) is 5.38. The number of hydrogen-bond acceptors (Lipinski definition) is 8. The van der Waals surface area contributed by atoms with E-state index < -0.39 is 0 Å². The van der Waals surface area contributed by atoms with Gasteiger partial charge in [0.15, 0.2) is 0 Å². The molecule has 1 aromatic heterocycles. The number of benzene rings is 1. The number of carbonyl (C=O) groups excluding carboxylic acids is 1. The highest BCUT2D eigenvalue weighted by Crippen LogP contribution is 2.53. The van der Waals surface area contributed by atoms with Crippen molar-refractivity contribution >= 4 is 29.3 Å². The van der Waals surface area contributed by atoms with Gasteiger partial charge in [-0.2, -0.15) is 4.98 Å². The van der Waals surface area contributed by atoms with E-state index in [1.54, 1.807) is 13.3 Å². The molecular weight excluding hydrogens is 470 g/mol. The Morgan fingerprint density at radius 3 is 2.71 bits per heavy atom. The Bertz CT molecular complexity index is 1070. The second-order valence-corrected chi connectivity index (χ2v) is 10.4. The Balaban J connectivity index is 1.33. The fourth-order valence-electron chi connectivity index (χ4n) is 5.10. The zero-order valence-electron chi connectivity index (χ0n) is 19.9. The SMILES string of the molecule is COc1ccc(CNc2nc(N3CCC4(CC4)C3)ncc2C(=O)N[C@H]2CC[C@H](OO)CC2)cc1Cl. The van der Waals surface area contributed by atoms with Crippen molar-refractivity contribution in [1.82, 2.24) is 15.3 Å². The smallest absolute Gasteiger partial charge is 0.256 e. The normalized spacial score (nSPS) is 22.8. The molecule has 1 aromatic carbocycles. The third-order valence-electron chi connectivity index (χ3n) is 7.53. The van der Waals surface area contributed by atoms with E-state index in [9.17, 15) is 4.79 Å². The summed E-state index contributed by atoms with van der Waals surface area (Å²) in [5.74, 6) is 1.56. The third-order valence-corrected chi connectivity index (χ3v) is 7.83. The summed E-state index contributed by atoms with van der Waals surface area (Å²) in [5, 5.41) is 15.9. The molecule has 1 amide bonds. The van der Waals surface area contributed by atoms with E-state index in [0.717, 1.165) is 31.5 Å². The number of halogens is 1. The zero-order chi connectivity index (χ0) is 24.4. The maximum absolute atomic E-state index is 13.2. The second-order valence-electron chi connectivity index (χ2n) is 9.98. The molecular formula is C25H32ClN5O4. The number of hydrogen-bond donors (Lipinski definition) is 3. The van der Waals surface area contributed by atoms with Gasteiger partial charge in [-0.15, -0.1) is 0 Å². The summed E-state index contributed by atoms with van der Waals surface area (Å²) in [4.78, 5) is 29.3. The van der Waals surface area contributed by atoms with Gasteiger partial charge >= 0.3 is 0 Å². The number of nitrogens with zero attached hydrogens (tertiary/aromatic N) is 3. The monoisotopic (exact) mass is 501 g/mol. The molecule has 1 saturated heterocycles. The van der Waals surface area contributed by atoms with Gasteiger partial charge in [0.1, 0.15) is 17.1 Å². The van der Waals surface area contributed by atoms with Crippen LogP contribution >= 0.6 is 11.6 Å². The molecule has 5 rings (SSSR count). The molecule has 0 radical (unpaired) electrons. The first-order valence-corrected chi connectivity index (χ1v) is 12.7. The van der Waals surface area contributed by atoms with Crippen LogP contribution in [0.3, 0.4) is 0 Å². The van der Waals surface area contributed by atoms with Crippen LogP contribution in [-0.4, -0.2) is 53.5 Å². The van der Waals surface area contributed by atoms with Crippen LogP contribution in [0.2, 0.25) is 5.02 Å². The molecule has 2 heterocycles. The molecule has 0 atom stereocenters. The van der Waals surface area contributed by atoms with Gasteiger partial charge in [0, 0.05) is 31.9 Å². The molecule has 1 aliphatic heterocycles. The Kier molecular flexibility index (Phi) is 7.00. The molecule has 1 spiro atoms. The summed E-state index contributed by atoms with van der Waals surface area (Å²) in [7, 11) is 1.58. The molecule has 9 nitrogen and oxygen atoms in total. The number of ether oxygens (including phenoxy) is 1. The van der Waals surface area contributed by atoms with Crippen molar-refractivity contribution in [3.05, 3.63) is 40.5 Å². The highest BCUT2D eigenvalue weighted by atomic mass is 35.5. The van der Waals surface area contributed by atoms with E-state index in [1.807, 2.05) is 18.2 Å². The lowest BCUT2D eigenvalue weighted by atomic mass is 9.93. The lowest BCUT2D eigenvalue weighted by Gasteiger charge is -2.27. The van der Waals surface area contributed by atoms with Crippen LogP contribution in [0.15, 0.2) is 24.4 Å². The molecule has 188 valence electrons. The number of rotatable bonds is 8. The van der Waals surface area contributed by atoms with Crippen molar-refractivity contribution in [3.8, 4) is 5.75 Å². The maximum atomic E-state index is 13.2. The Labute approximate surface area is 210 Å². The van der Waals surface area contributed by atoms with E-state index in [0.29, 0.717) is 52.9 Å². The summed E-state index contributed by atoms with van der Waals surface area (Å²) < 4.78 is 5.24. The quantitative estimate of drug-likeness (QED) is 0.363. The number of nitrogens with one attached hydrogen (secondary N) is 2. The first-order valence-electron chi connectivity index (χ1n) is 12.3. The van der Waals surface area contributed by atoms with Crippen molar-refractivity contribution in [3.63, 3.8) is 0 Å². The summed E-state index contributed by atoms with van der Waals surface area (Å²) in [6.07, 6.45) is 8.10. The average Bonchev–Trinajstić information content (AvgIpc) is 3.51. The summed E-state index contributed by atoms with van der Waals surface area (Å²) in [6, 6.07) is 5.62. The van der Waals surface area contributed by atoms with Gasteiger partial charge in [-0.05, 0) is 68.1 Å². The average molecular weight is 502 g/mol. The van der Waals surface area contributed by atoms with Gasteiger partial charge in [-0.1, -0.05) is 17.7 Å². The summed E-state index contributed by atoms with van der Waals surface area (Å²) in [5.41, 5.74) is 1.81. The van der Waals surface area contributed by atoms with Crippen LogP contribution in [-0.2, 0) is 11.4 Å². The first kappa shape index (κ1) is 24.1. The van der Waals surface area contributed by atoms with Gasteiger partial charge in [-0.3, -0.25) is 10.1 Å². The van der Waals surface area contributed by atoms with Crippen molar-refractivity contribution in [2.24, 2.45) is 5.41 Å². The van der Waals surface area contributed by atoms with Gasteiger partial charge in [0.25, 0.3) is 5.91 Å². The lowest BCUT2D eigenvalue weighted by molar-refractivity contribution is -0.284. The highest BCUT2D eigenvalue weighted by molar-refractivity contribution is 6.32. The van der Waals surface area contributed by atoms with Gasteiger partial charge in [0.2, 0.25) is 5.95 Å². The maximum Gasteiger partial charge on any atom is 0.256 e. The highest BCUT2D eigenvalue weighted by Gasteiger charge is 2.48. The van der Waals surface area contributed by atoms with Crippen LogP contribution in [0.25, 0.3) is 0 Å². The van der Waals surface area contributed by atoms with Crippen molar-refractivity contribution in [1.29, 1.82) is 0 Å². The van der Waals surface area contributed by atoms with Crippen molar-refractivity contribution in [2.45, 2.75) is 63.6 Å². The Hall–Kier alpha value is -2.62. The number of anilines is 2. The summed E-state index contributed by atoms with van der Waals surface area (Å²) >= 11 is 6.29.